The highest BCUT2D eigenvalue weighted by Gasteiger charge is 2.59. The Kier molecular flexibility index (Phi) is 5.97. The molecule has 0 bridgehead atoms. The Morgan fingerprint density at radius 3 is 2.45 bits per heavy atom. The van der Waals surface area contributed by atoms with Crippen molar-refractivity contribution < 1.29 is 28.6 Å². The number of benzene rings is 1. The van der Waals surface area contributed by atoms with Crippen molar-refractivity contribution in [3.05, 3.63) is 23.8 Å². The zero-order chi connectivity index (χ0) is 21.2. The number of urea groups is 1. The van der Waals surface area contributed by atoms with Crippen LogP contribution in [-0.2, 0) is 14.3 Å². The fourth-order valence-electron chi connectivity index (χ4n) is 4.12. The Bertz CT molecular complexity index is 791. The quantitative estimate of drug-likeness (QED) is 0.533. The third kappa shape index (κ3) is 3.87. The average molecular weight is 405 g/mol. The van der Waals surface area contributed by atoms with E-state index in [0.717, 1.165) is 10.5 Å². The van der Waals surface area contributed by atoms with Crippen LogP contribution < -0.4 is 14.8 Å². The van der Waals surface area contributed by atoms with Crippen molar-refractivity contribution in [2.75, 3.05) is 47.5 Å². The molecular formula is C20H27N3O6. The van der Waals surface area contributed by atoms with Crippen LogP contribution in [0.25, 0.3) is 0 Å². The molecule has 1 spiro atoms. The topological polar surface area (TPSA) is 97.4 Å². The molecule has 2 aliphatic heterocycles. The number of carbonyl (C=O) groups is 3. The molecule has 2 aliphatic rings. The molecule has 0 saturated carbocycles. The molecule has 2 heterocycles. The van der Waals surface area contributed by atoms with Crippen LogP contribution in [-0.4, -0.2) is 80.8 Å². The maximum absolute atomic E-state index is 13.3. The minimum atomic E-state index is -1.10. The molecule has 3 rings (SSSR count). The van der Waals surface area contributed by atoms with Crippen LogP contribution in [0.15, 0.2) is 18.2 Å². The van der Waals surface area contributed by atoms with Gasteiger partial charge in [-0.1, -0.05) is 0 Å². The van der Waals surface area contributed by atoms with Gasteiger partial charge in [0, 0.05) is 31.6 Å². The van der Waals surface area contributed by atoms with Gasteiger partial charge in [0.25, 0.3) is 5.91 Å². The normalized spacial score (nSPS) is 24.1. The van der Waals surface area contributed by atoms with Crippen molar-refractivity contribution in [2.24, 2.45) is 0 Å². The maximum atomic E-state index is 13.3. The first-order valence-electron chi connectivity index (χ1n) is 9.55. The van der Waals surface area contributed by atoms with Gasteiger partial charge < -0.3 is 24.4 Å². The summed E-state index contributed by atoms with van der Waals surface area (Å²) in [6.07, 6.45) is -0.0312. The smallest absolute Gasteiger partial charge is 0.325 e. The first kappa shape index (κ1) is 20.9. The van der Waals surface area contributed by atoms with E-state index in [-0.39, 0.29) is 31.4 Å². The lowest BCUT2D eigenvalue weighted by Gasteiger charge is -2.28. The zero-order valence-electron chi connectivity index (χ0n) is 17.2. The van der Waals surface area contributed by atoms with Crippen molar-refractivity contribution in [3.8, 4) is 11.5 Å². The second kappa shape index (κ2) is 8.28. The van der Waals surface area contributed by atoms with Crippen molar-refractivity contribution in [1.29, 1.82) is 0 Å². The van der Waals surface area contributed by atoms with Crippen LogP contribution in [0.2, 0.25) is 0 Å². The van der Waals surface area contributed by atoms with Gasteiger partial charge in [-0.2, -0.15) is 0 Å². The van der Waals surface area contributed by atoms with E-state index in [4.69, 9.17) is 14.2 Å². The Morgan fingerprint density at radius 1 is 1.21 bits per heavy atom. The van der Waals surface area contributed by atoms with Crippen molar-refractivity contribution >= 4 is 17.9 Å². The molecule has 1 aromatic carbocycles. The van der Waals surface area contributed by atoms with Gasteiger partial charge in [-0.3, -0.25) is 14.5 Å². The molecule has 3 amide bonds. The number of nitrogens with zero attached hydrogens (tertiary/aromatic N) is 2. The third-order valence-corrected chi connectivity index (χ3v) is 5.43. The molecule has 0 aromatic heterocycles. The number of likely N-dealkylation sites (N-methyl/N-ethyl adjacent to an activating group) is 1. The zero-order valence-corrected chi connectivity index (χ0v) is 17.2. The summed E-state index contributed by atoms with van der Waals surface area (Å²) < 4.78 is 15.6. The minimum absolute atomic E-state index is 0.0108. The highest BCUT2D eigenvalue weighted by Crippen LogP contribution is 2.41. The Labute approximate surface area is 169 Å². The second-order valence-corrected chi connectivity index (χ2v) is 7.31. The molecule has 2 fully saturated rings. The van der Waals surface area contributed by atoms with Gasteiger partial charge in [-0.05, 0) is 31.7 Å². The van der Waals surface area contributed by atoms with Gasteiger partial charge in [0.15, 0.2) is 0 Å². The van der Waals surface area contributed by atoms with E-state index in [9.17, 15) is 14.4 Å². The van der Waals surface area contributed by atoms with Gasteiger partial charge in [0.1, 0.15) is 17.0 Å². The number of esters is 1. The lowest BCUT2D eigenvalue weighted by atomic mass is 9.81. The first-order valence-corrected chi connectivity index (χ1v) is 9.55. The number of amides is 3. The summed E-state index contributed by atoms with van der Waals surface area (Å²) in [4.78, 5) is 40.8. The van der Waals surface area contributed by atoms with Gasteiger partial charge in [-0.25, -0.2) is 4.79 Å². The number of likely N-dealkylation sites (tertiary alicyclic amines) is 1. The number of hydrogen-bond acceptors (Lipinski definition) is 7. The van der Waals surface area contributed by atoms with Crippen LogP contribution in [0.4, 0.5) is 4.79 Å². The molecular weight excluding hydrogens is 378 g/mol. The van der Waals surface area contributed by atoms with E-state index < -0.39 is 17.5 Å². The number of methoxy groups -OCH3 is 2. The fourth-order valence-corrected chi connectivity index (χ4v) is 4.12. The molecule has 1 aromatic rings. The monoisotopic (exact) mass is 405 g/mol. The summed E-state index contributed by atoms with van der Waals surface area (Å²) in [5, 5.41) is 2.90. The molecule has 29 heavy (non-hydrogen) atoms. The second-order valence-electron chi connectivity index (χ2n) is 7.31. The van der Waals surface area contributed by atoms with Crippen LogP contribution in [0.3, 0.4) is 0 Å². The van der Waals surface area contributed by atoms with Gasteiger partial charge >= 0.3 is 12.0 Å². The third-order valence-electron chi connectivity index (χ3n) is 5.43. The van der Waals surface area contributed by atoms with E-state index in [1.165, 1.54) is 0 Å². The van der Waals surface area contributed by atoms with Crippen molar-refractivity contribution in [1.82, 2.24) is 15.1 Å². The minimum Gasteiger partial charge on any atom is -0.497 e. The van der Waals surface area contributed by atoms with Crippen molar-refractivity contribution in [2.45, 2.75) is 24.8 Å². The predicted molar refractivity (Wildman–Crippen MR) is 104 cm³/mol. The number of nitrogens with one attached hydrogen (secondary N) is 1. The Morgan fingerprint density at radius 2 is 1.86 bits per heavy atom. The summed E-state index contributed by atoms with van der Waals surface area (Å²) >= 11 is 0. The highest BCUT2D eigenvalue weighted by molar-refractivity contribution is 6.08. The van der Waals surface area contributed by atoms with Crippen LogP contribution in [0, 0.1) is 0 Å². The number of rotatable bonds is 7. The molecule has 0 aliphatic carbocycles. The Balaban J connectivity index is 1.90. The Hall–Kier alpha value is -2.81. The van der Waals surface area contributed by atoms with Crippen molar-refractivity contribution in [3.63, 3.8) is 0 Å². The summed E-state index contributed by atoms with van der Waals surface area (Å²) in [5.74, 6) is 0.162. The van der Waals surface area contributed by atoms with E-state index in [1.807, 2.05) is 24.1 Å². The molecule has 1 N–H and O–H groups in total. The summed E-state index contributed by atoms with van der Waals surface area (Å²) in [6, 6.07) is 4.98. The molecule has 2 atom stereocenters. The number of hydrogen-bond donors (Lipinski definition) is 1. The van der Waals surface area contributed by atoms with Gasteiger partial charge in [0.2, 0.25) is 0 Å². The fraction of sp³-hybridized carbons (Fsp3) is 0.550. The number of carbonyl (C=O) groups excluding carboxylic acids is 3. The average Bonchev–Trinajstić information content (AvgIpc) is 3.15. The lowest BCUT2D eigenvalue weighted by Crippen LogP contribution is -2.52. The van der Waals surface area contributed by atoms with E-state index in [2.05, 4.69) is 5.32 Å². The van der Waals surface area contributed by atoms with Gasteiger partial charge in [-0.15, -0.1) is 0 Å². The molecule has 9 nitrogen and oxygen atoms in total. The van der Waals surface area contributed by atoms with Crippen LogP contribution >= 0.6 is 0 Å². The molecule has 158 valence electrons. The highest BCUT2D eigenvalue weighted by atomic mass is 16.5. The maximum Gasteiger partial charge on any atom is 0.325 e. The van der Waals surface area contributed by atoms with E-state index in [0.29, 0.717) is 24.6 Å². The first-order chi connectivity index (χ1) is 13.8. The molecule has 9 heteroatoms. The SMILES string of the molecule is CCOC(=O)CCN1C(=O)N[C@]2(CN(C)C[C@H]2c2cc(OC)cc(OC)c2)C1=O. The lowest BCUT2D eigenvalue weighted by molar-refractivity contribution is -0.143. The summed E-state index contributed by atoms with van der Waals surface area (Å²) in [6.45, 7) is 2.91. The molecule has 0 unspecified atom stereocenters. The summed E-state index contributed by atoms with van der Waals surface area (Å²) in [5.41, 5.74) is -0.260. The van der Waals surface area contributed by atoms with Crippen LogP contribution in [0.5, 0.6) is 11.5 Å². The molecule has 2 saturated heterocycles. The number of ether oxygens (including phenoxy) is 3. The summed E-state index contributed by atoms with van der Waals surface area (Å²) in [7, 11) is 5.03. The molecule has 0 radical (unpaired) electrons. The van der Waals surface area contributed by atoms with Gasteiger partial charge in [0.05, 0.1) is 27.2 Å². The number of imide groups is 1. The standard InChI is InChI=1S/C20H27N3O6/c1-5-29-17(24)6-7-23-18(25)20(21-19(23)26)12-22(2)11-16(20)13-8-14(27-3)10-15(9-13)28-4/h8-10,16H,5-7,11-12H2,1-4H3,(H,21,26)/t16-,20-/m0/s1. The van der Waals surface area contributed by atoms with Crippen LogP contribution in [0.1, 0.15) is 24.8 Å². The largest absolute Gasteiger partial charge is 0.497 e. The van der Waals surface area contributed by atoms with E-state index in [1.54, 1.807) is 27.2 Å². The predicted octanol–water partition coefficient (Wildman–Crippen LogP) is 0.977. The van der Waals surface area contributed by atoms with E-state index >= 15 is 0 Å².